The average molecular weight is 312 g/mol. The summed E-state index contributed by atoms with van der Waals surface area (Å²) in [5, 5.41) is 5.53. The Labute approximate surface area is 127 Å². The SMILES string of the molecule is O=C(CNc1cccc(C(F)(F)F)c1)NCC1CC=CCC1. The van der Waals surface area contributed by atoms with Gasteiger partial charge in [0, 0.05) is 12.2 Å². The standard InChI is InChI=1S/C16H19F3N2O/c17-16(18,19)13-7-4-8-14(9-13)20-11-15(22)21-10-12-5-2-1-3-6-12/h1-2,4,7-9,12,20H,3,5-6,10-11H2,(H,21,22). The lowest BCUT2D eigenvalue weighted by Crippen LogP contribution is -2.34. The van der Waals surface area contributed by atoms with Gasteiger partial charge in [0.05, 0.1) is 12.1 Å². The molecule has 1 aliphatic rings. The van der Waals surface area contributed by atoms with E-state index < -0.39 is 11.7 Å². The highest BCUT2D eigenvalue weighted by Gasteiger charge is 2.30. The zero-order valence-corrected chi connectivity index (χ0v) is 12.1. The number of anilines is 1. The minimum Gasteiger partial charge on any atom is -0.376 e. The van der Waals surface area contributed by atoms with Crippen LogP contribution in [0, 0.1) is 5.92 Å². The van der Waals surface area contributed by atoms with Crippen LogP contribution in [0.1, 0.15) is 24.8 Å². The normalized spacial score (nSPS) is 18.0. The molecule has 22 heavy (non-hydrogen) atoms. The van der Waals surface area contributed by atoms with Gasteiger partial charge in [-0.1, -0.05) is 18.2 Å². The number of hydrogen-bond acceptors (Lipinski definition) is 2. The van der Waals surface area contributed by atoms with Gasteiger partial charge in [0.1, 0.15) is 0 Å². The smallest absolute Gasteiger partial charge is 0.376 e. The minimum atomic E-state index is -4.38. The number of hydrogen-bond donors (Lipinski definition) is 2. The summed E-state index contributed by atoms with van der Waals surface area (Å²) in [4.78, 5) is 11.7. The molecule has 0 radical (unpaired) electrons. The summed E-state index contributed by atoms with van der Waals surface area (Å²) in [5.74, 6) is 0.231. The number of benzene rings is 1. The fraction of sp³-hybridized carbons (Fsp3) is 0.438. The van der Waals surface area contributed by atoms with Crippen LogP contribution in [0.4, 0.5) is 18.9 Å². The molecule has 3 nitrogen and oxygen atoms in total. The third kappa shape index (κ3) is 5.09. The number of alkyl halides is 3. The van der Waals surface area contributed by atoms with Crippen LogP contribution in [0.15, 0.2) is 36.4 Å². The molecular formula is C16H19F3N2O. The molecule has 0 bridgehead atoms. The van der Waals surface area contributed by atoms with Gasteiger partial charge in [0.25, 0.3) is 0 Å². The summed E-state index contributed by atoms with van der Waals surface area (Å²) >= 11 is 0. The van der Waals surface area contributed by atoms with Crippen molar-refractivity contribution in [2.24, 2.45) is 5.92 Å². The van der Waals surface area contributed by atoms with Crippen molar-refractivity contribution in [3.8, 4) is 0 Å². The molecule has 0 heterocycles. The maximum atomic E-state index is 12.6. The van der Waals surface area contributed by atoms with Gasteiger partial charge in [-0.2, -0.15) is 13.2 Å². The van der Waals surface area contributed by atoms with Gasteiger partial charge < -0.3 is 10.6 Å². The van der Waals surface area contributed by atoms with Crippen molar-refractivity contribution in [3.63, 3.8) is 0 Å². The van der Waals surface area contributed by atoms with E-state index in [9.17, 15) is 18.0 Å². The zero-order valence-electron chi connectivity index (χ0n) is 12.1. The van der Waals surface area contributed by atoms with Crippen LogP contribution in [0.2, 0.25) is 0 Å². The van der Waals surface area contributed by atoms with Crippen LogP contribution in [0.25, 0.3) is 0 Å². The average Bonchev–Trinajstić information content (AvgIpc) is 2.51. The van der Waals surface area contributed by atoms with E-state index in [1.165, 1.54) is 12.1 Å². The molecule has 1 atom stereocenters. The molecule has 0 saturated carbocycles. The van der Waals surface area contributed by atoms with Crippen molar-refractivity contribution < 1.29 is 18.0 Å². The predicted molar refractivity (Wildman–Crippen MR) is 79.4 cm³/mol. The van der Waals surface area contributed by atoms with Crippen molar-refractivity contribution in [2.45, 2.75) is 25.4 Å². The highest BCUT2D eigenvalue weighted by molar-refractivity contribution is 5.80. The lowest BCUT2D eigenvalue weighted by molar-refractivity contribution is -0.137. The second-order valence-electron chi connectivity index (χ2n) is 5.39. The predicted octanol–water partition coefficient (Wildman–Crippen LogP) is 3.59. The fourth-order valence-electron chi connectivity index (χ4n) is 2.35. The van der Waals surface area contributed by atoms with Crippen LogP contribution >= 0.6 is 0 Å². The summed E-state index contributed by atoms with van der Waals surface area (Å²) in [7, 11) is 0. The highest BCUT2D eigenvalue weighted by Crippen LogP contribution is 2.30. The van der Waals surface area contributed by atoms with Crippen molar-refractivity contribution in [2.75, 3.05) is 18.4 Å². The first-order valence-electron chi connectivity index (χ1n) is 7.28. The maximum absolute atomic E-state index is 12.6. The molecule has 1 aromatic rings. The lowest BCUT2D eigenvalue weighted by Gasteiger charge is -2.18. The van der Waals surface area contributed by atoms with Crippen LogP contribution in [-0.2, 0) is 11.0 Å². The Hall–Kier alpha value is -1.98. The third-order valence-electron chi connectivity index (χ3n) is 3.61. The Bertz CT molecular complexity index is 540. The highest BCUT2D eigenvalue weighted by atomic mass is 19.4. The number of allylic oxidation sites excluding steroid dienone is 2. The molecule has 1 unspecified atom stereocenters. The topological polar surface area (TPSA) is 41.1 Å². The monoisotopic (exact) mass is 312 g/mol. The van der Waals surface area contributed by atoms with Crippen molar-refractivity contribution >= 4 is 11.6 Å². The summed E-state index contributed by atoms with van der Waals surface area (Å²) in [6, 6.07) is 4.83. The van der Waals surface area contributed by atoms with Gasteiger partial charge in [-0.25, -0.2) is 0 Å². The van der Waals surface area contributed by atoms with E-state index in [2.05, 4.69) is 22.8 Å². The second kappa shape index (κ2) is 7.33. The number of carbonyl (C=O) groups is 1. The molecule has 0 saturated heterocycles. The van der Waals surface area contributed by atoms with Crippen LogP contribution in [-0.4, -0.2) is 19.0 Å². The largest absolute Gasteiger partial charge is 0.416 e. The molecule has 0 aromatic heterocycles. The van der Waals surface area contributed by atoms with Gasteiger partial charge >= 0.3 is 6.18 Å². The zero-order chi connectivity index (χ0) is 16.0. The molecule has 120 valence electrons. The van der Waals surface area contributed by atoms with Gasteiger partial charge in [0.15, 0.2) is 0 Å². The van der Waals surface area contributed by atoms with Gasteiger partial charge in [-0.05, 0) is 43.4 Å². The first-order chi connectivity index (χ1) is 10.4. The van der Waals surface area contributed by atoms with Gasteiger partial charge in [0.2, 0.25) is 5.91 Å². The molecule has 6 heteroatoms. The summed E-state index contributed by atoms with van der Waals surface area (Å²) in [6.07, 6.45) is 2.91. The third-order valence-corrected chi connectivity index (χ3v) is 3.61. The fourth-order valence-corrected chi connectivity index (χ4v) is 2.35. The first-order valence-corrected chi connectivity index (χ1v) is 7.28. The lowest BCUT2D eigenvalue weighted by atomic mass is 9.94. The molecule has 1 aliphatic carbocycles. The quantitative estimate of drug-likeness (QED) is 0.816. The number of carbonyl (C=O) groups excluding carboxylic acids is 1. The Morgan fingerprint density at radius 2 is 2.09 bits per heavy atom. The minimum absolute atomic E-state index is 0.0378. The van der Waals surface area contributed by atoms with Gasteiger partial charge in [-0.3, -0.25) is 4.79 Å². The molecular weight excluding hydrogens is 293 g/mol. The van der Waals surface area contributed by atoms with Crippen molar-refractivity contribution in [1.29, 1.82) is 0 Å². The van der Waals surface area contributed by atoms with Crippen molar-refractivity contribution in [3.05, 3.63) is 42.0 Å². The van der Waals surface area contributed by atoms with E-state index in [1.807, 2.05) is 0 Å². The molecule has 0 aliphatic heterocycles. The Kier molecular flexibility index (Phi) is 5.46. The number of halogens is 3. The van der Waals surface area contributed by atoms with Crippen LogP contribution in [0.3, 0.4) is 0 Å². The molecule has 0 fully saturated rings. The molecule has 2 rings (SSSR count). The first kappa shape index (κ1) is 16.4. The van der Waals surface area contributed by atoms with Crippen LogP contribution in [0.5, 0.6) is 0 Å². The molecule has 1 amide bonds. The van der Waals surface area contributed by atoms with E-state index in [0.717, 1.165) is 31.4 Å². The Morgan fingerprint density at radius 1 is 1.27 bits per heavy atom. The number of rotatable bonds is 5. The van der Waals surface area contributed by atoms with Crippen molar-refractivity contribution in [1.82, 2.24) is 5.32 Å². The van der Waals surface area contributed by atoms with E-state index >= 15 is 0 Å². The van der Waals surface area contributed by atoms with E-state index in [-0.39, 0.29) is 18.1 Å². The van der Waals surface area contributed by atoms with E-state index in [1.54, 1.807) is 0 Å². The molecule has 2 N–H and O–H groups in total. The van der Waals surface area contributed by atoms with Gasteiger partial charge in [-0.15, -0.1) is 0 Å². The molecule has 1 aromatic carbocycles. The summed E-state index contributed by atoms with van der Waals surface area (Å²) in [5.41, 5.74) is -0.447. The Morgan fingerprint density at radius 3 is 2.77 bits per heavy atom. The maximum Gasteiger partial charge on any atom is 0.416 e. The summed E-state index contributed by atoms with van der Waals surface area (Å²) < 4.78 is 37.7. The summed E-state index contributed by atoms with van der Waals surface area (Å²) in [6.45, 7) is 0.567. The second-order valence-corrected chi connectivity index (χ2v) is 5.39. The Balaban J connectivity index is 1.77. The number of nitrogens with one attached hydrogen (secondary N) is 2. The number of amides is 1. The van der Waals surface area contributed by atoms with E-state index in [0.29, 0.717) is 12.5 Å². The molecule has 0 spiro atoms. The van der Waals surface area contributed by atoms with Crippen LogP contribution < -0.4 is 10.6 Å². The van der Waals surface area contributed by atoms with E-state index in [4.69, 9.17) is 0 Å².